The van der Waals surface area contributed by atoms with Crippen LogP contribution < -0.4 is 10.5 Å². The van der Waals surface area contributed by atoms with Gasteiger partial charge in [-0.2, -0.15) is 18.3 Å². The molecule has 0 saturated carbocycles. The number of benzene rings is 1. The number of ether oxygens (including phenoxy) is 1. The zero-order valence-electron chi connectivity index (χ0n) is 16.1. The molecule has 12 heteroatoms. The number of nitrogens with two attached hydrogens (primary N) is 1. The molecule has 31 heavy (non-hydrogen) atoms. The second kappa shape index (κ2) is 8.81. The van der Waals surface area contributed by atoms with Gasteiger partial charge in [0.05, 0.1) is 23.6 Å². The summed E-state index contributed by atoms with van der Waals surface area (Å²) < 4.78 is 61.9. The SMILES string of the molecule is NSc1ccc(Nc2ncc(C(F)(F)F)c(-c3cnn(C4CCOCC4)c3)n2)c(F)c1. The van der Waals surface area contributed by atoms with Crippen molar-refractivity contribution in [1.29, 1.82) is 0 Å². The van der Waals surface area contributed by atoms with Crippen molar-refractivity contribution in [3.8, 4) is 11.3 Å². The fourth-order valence-electron chi connectivity index (χ4n) is 3.27. The molecule has 164 valence electrons. The lowest BCUT2D eigenvalue weighted by molar-refractivity contribution is -0.137. The number of alkyl halides is 3. The summed E-state index contributed by atoms with van der Waals surface area (Å²) in [6, 6.07) is 4.23. The van der Waals surface area contributed by atoms with Gasteiger partial charge < -0.3 is 10.1 Å². The lowest BCUT2D eigenvalue weighted by atomic mass is 10.1. The Hall–Kier alpha value is -2.70. The summed E-state index contributed by atoms with van der Waals surface area (Å²) in [5, 5.41) is 12.3. The van der Waals surface area contributed by atoms with Gasteiger partial charge in [0, 0.05) is 36.1 Å². The predicted molar refractivity (Wildman–Crippen MR) is 107 cm³/mol. The van der Waals surface area contributed by atoms with E-state index in [1.165, 1.54) is 24.5 Å². The van der Waals surface area contributed by atoms with Gasteiger partial charge in [0.25, 0.3) is 0 Å². The van der Waals surface area contributed by atoms with Crippen molar-refractivity contribution in [2.45, 2.75) is 30.0 Å². The fourth-order valence-corrected chi connectivity index (χ4v) is 3.59. The summed E-state index contributed by atoms with van der Waals surface area (Å²) in [4.78, 5) is 8.25. The number of hydrogen-bond acceptors (Lipinski definition) is 7. The van der Waals surface area contributed by atoms with Crippen molar-refractivity contribution in [3.63, 3.8) is 0 Å². The molecule has 1 aliphatic heterocycles. The summed E-state index contributed by atoms with van der Waals surface area (Å²) in [5.41, 5.74) is -1.13. The summed E-state index contributed by atoms with van der Waals surface area (Å²) in [6.45, 7) is 1.14. The lowest BCUT2D eigenvalue weighted by Gasteiger charge is -2.22. The Bertz CT molecular complexity index is 1070. The summed E-state index contributed by atoms with van der Waals surface area (Å²) >= 11 is 0.875. The number of nitrogens with one attached hydrogen (secondary N) is 1. The average molecular weight is 454 g/mol. The smallest absolute Gasteiger partial charge is 0.381 e. The van der Waals surface area contributed by atoms with Crippen LogP contribution in [0.2, 0.25) is 0 Å². The molecular formula is C19H18F4N6OS. The zero-order chi connectivity index (χ0) is 22.0. The first kappa shape index (κ1) is 21.5. The van der Waals surface area contributed by atoms with Crippen LogP contribution in [0.3, 0.4) is 0 Å². The standard InChI is InChI=1S/C19H18F4N6OS/c20-15-7-13(31-24)1-2-16(15)27-18-25-9-14(19(21,22)23)17(28-18)11-8-26-29(10-11)12-3-5-30-6-4-12/h1-2,7-10,12H,3-6,24H2,(H,25,27,28). The molecule has 4 rings (SSSR count). The van der Waals surface area contributed by atoms with Gasteiger partial charge in [0.1, 0.15) is 11.4 Å². The van der Waals surface area contributed by atoms with E-state index < -0.39 is 17.6 Å². The van der Waals surface area contributed by atoms with Crippen molar-refractivity contribution in [3.05, 3.63) is 48.2 Å². The van der Waals surface area contributed by atoms with Crippen LogP contribution in [0.5, 0.6) is 0 Å². The maximum atomic E-state index is 14.2. The molecule has 0 aliphatic carbocycles. The van der Waals surface area contributed by atoms with E-state index in [4.69, 9.17) is 9.88 Å². The first-order chi connectivity index (χ1) is 14.8. The quantitative estimate of drug-likeness (QED) is 0.431. The van der Waals surface area contributed by atoms with E-state index in [0.29, 0.717) is 24.3 Å². The van der Waals surface area contributed by atoms with Crippen molar-refractivity contribution < 1.29 is 22.3 Å². The molecular weight excluding hydrogens is 436 g/mol. The summed E-state index contributed by atoms with van der Waals surface area (Å²) in [7, 11) is 0. The van der Waals surface area contributed by atoms with Gasteiger partial charge in [-0.15, -0.1) is 0 Å². The molecule has 3 heterocycles. The van der Waals surface area contributed by atoms with Gasteiger partial charge in [0.2, 0.25) is 5.95 Å². The Morgan fingerprint density at radius 2 is 1.97 bits per heavy atom. The third kappa shape index (κ3) is 4.81. The van der Waals surface area contributed by atoms with Gasteiger partial charge in [-0.25, -0.2) is 14.4 Å². The summed E-state index contributed by atoms with van der Waals surface area (Å²) in [6.07, 6.45) is 0.328. The number of anilines is 2. The van der Waals surface area contributed by atoms with Crippen LogP contribution in [-0.2, 0) is 10.9 Å². The Morgan fingerprint density at radius 1 is 1.19 bits per heavy atom. The van der Waals surface area contributed by atoms with E-state index in [0.717, 1.165) is 24.8 Å². The first-order valence-electron chi connectivity index (χ1n) is 9.35. The fraction of sp³-hybridized carbons (Fsp3) is 0.316. The van der Waals surface area contributed by atoms with Gasteiger partial charge >= 0.3 is 6.18 Å². The Balaban J connectivity index is 1.68. The largest absolute Gasteiger partial charge is 0.419 e. The summed E-state index contributed by atoms with van der Waals surface area (Å²) in [5.74, 6) is -0.804. The Labute approximate surface area is 179 Å². The average Bonchev–Trinajstić information content (AvgIpc) is 3.25. The van der Waals surface area contributed by atoms with Crippen LogP contribution in [0.4, 0.5) is 29.2 Å². The van der Waals surface area contributed by atoms with Gasteiger partial charge in [-0.3, -0.25) is 9.82 Å². The van der Waals surface area contributed by atoms with E-state index >= 15 is 0 Å². The molecule has 0 radical (unpaired) electrons. The van der Waals surface area contributed by atoms with Crippen LogP contribution >= 0.6 is 11.9 Å². The number of hydrogen-bond donors (Lipinski definition) is 2. The Morgan fingerprint density at radius 3 is 2.65 bits per heavy atom. The minimum atomic E-state index is -4.67. The van der Waals surface area contributed by atoms with Crippen molar-refractivity contribution in [2.75, 3.05) is 18.5 Å². The topological polar surface area (TPSA) is 90.9 Å². The highest BCUT2D eigenvalue weighted by atomic mass is 32.2. The predicted octanol–water partition coefficient (Wildman–Crippen LogP) is 4.56. The monoisotopic (exact) mass is 454 g/mol. The first-order valence-corrected chi connectivity index (χ1v) is 10.2. The third-order valence-electron chi connectivity index (χ3n) is 4.86. The van der Waals surface area contributed by atoms with Crippen molar-refractivity contribution in [2.24, 2.45) is 5.14 Å². The molecule has 0 amide bonds. The molecule has 7 nitrogen and oxygen atoms in total. The second-order valence-corrected chi connectivity index (χ2v) is 7.60. The van der Waals surface area contributed by atoms with E-state index in [-0.39, 0.29) is 28.9 Å². The molecule has 0 unspecified atom stereocenters. The molecule has 3 N–H and O–H groups in total. The highest BCUT2D eigenvalue weighted by molar-refractivity contribution is 7.97. The molecule has 1 fully saturated rings. The third-order valence-corrected chi connectivity index (χ3v) is 5.38. The molecule has 0 bridgehead atoms. The molecule has 3 aromatic rings. The van der Waals surface area contributed by atoms with Crippen LogP contribution in [0.1, 0.15) is 24.4 Å². The molecule has 1 aromatic carbocycles. The van der Waals surface area contributed by atoms with Crippen LogP contribution in [-0.4, -0.2) is 33.0 Å². The molecule has 2 aromatic heterocycles. The normalized spacial score (nSPS) is 15.3. The molecule has 1 saturated heterocycles. The highest BCUT2D eigenvalue weighted by Gasteiger charge is 2.36. The number of nitrogens with zero attached hydrogens (tertiary/aromatic N) is 4. The molecule has 0 spiro atoms. The second-order valence-electron chi connectivity index (χ2n) is 6.89. The van der Waals surface area contributed by atoms with Gasteiger partial charge in [0.15, 0.2) is 0 Å². The highest BCUT2D eigenvalue weighted by Crippen LogP contribution is 2.37. The maximum Gasteiger partial charge on any atom is 0.419 e. The van der Waals surface area contributed by atoms with Crippen LogP contribution in [0, 0.1) is 5.82 Å². The van der Waals surface area contributed by atoms with Crippen LogP contribution in [0.15, 0.2) is 41.7 Å². The van der Waals surface area contributed by atoms with Crippen LogP contribution in [0.25, 0.3) is 11.3 Å². The van der Waals surface area contributed by atoms with Gasteiger partial charge in [-0.05, 0) is 43.0 Å². The zero-order valence-corrected chi connectivity index (χ0v) is 16.9. The number of rotatable bonds is 5. The Kier molecular flexibility index (Phi) is 6.12. The van der Waals surface area contributed by atoms with E-state index in [1.54, 1.807) is 10.7 Å². The van der Waals surface area contributed by atoms with E-state index in [9.17, 15) is 17.6 Å². The molecule has 0 atom stereocenters. The lowest BCUT2D eigenvalue weighted by Crippen LogP contribution is -2.19. The van der Waals surface area contributed by atoms with Gasteiger partial charge in [-0.1, -0.05) is 0 Å². The van der Waals surface area contributed by atoms with Crippen molar-refractivity contribution >= 4 is 23.6 Å². The van der Waals surface area contributed by atoms with E-state index in [1.807, 2.05) is 0 Å². The number of halogens is 4. The minimum absolute atomic E-state index is 0.0152. The minimum Gasteiger partial charge on any atom is -0.381 e. The van der Waals surface area contributed by atoms with E-state index in [2.05, 4.69) is 20.4 Å². The van der Waals surface area contributed by atoms with Crippen molar-refractivity contribution in [1.82, 2.24) is 19.7 Å². The number of aromatic nitrogens is 4. The molecule has 1 aliphatic rings. The maximum absolute atomic E-state index is 14.2.